The number of alkyl halides is 3. The average Bonchev–Trinajstić information content (AvgIpc) is 1.78. The Kier molecular flexibility index (Phi) is 2.50. The van der Waals surface area contributed by atoms with E-state index < -0.39 is 6.30 Å². The van der Waals surface area contributed by atoms with Crippen molar-refractivity contribution in [2.45, 2.75) is 20.1 Å². The van der Waals surface area contributed by atoms with Gasteiger partial charge in [-0.3, -0.25) is 5.32 Å². The van der Waals surface area contributed by atoms with E-state index in [9.17, 15) is 13.2 Å². The molecule has 0 fully saturated rings. The summed E-state index contributed by atoms with van der Waals surface area (Å²) in [6, 6.07) is 4.74. The number of rotatable bonds is 1. The summed E-state index contributed by atoms with van der Waals surface area (Å²) in [6.07, 6.45) is -4.36. The summed E-state index contributed by atoms with van der Waals surface area (Å²) in [5.41, 5.74) is 1.71. The monoisotopic (exact) mass is 189 g/mol. The van der Waals surface area contributed by atoms with Crippen LogP contribution in [0, 0.1) is 13.8 Å². The fourth-order valence-electron chi connectivity index (χ4n) is 1.21. The summed E-state index contributed by atoms with van der Waals surface area (Å²) in [7, 11) is 0. The molecule has 0 saturated carbocycles. The van der Waals surface area contributed by atoms with E-state index in [0.29, 0.717) is 0 Å². The molecule has 1 rings (SSSR count). The molecule has 0 heterocycles. The van der Waals surface area contributed by atoms with Crippen LogP contribution in [0.25, 0.3) is 0 Å². The first-order valence-electron chi connectivity index (χ1n) is 3.80. The van der Waals surface area contributed by atoms with Crippen LogP contribution in [-0.2, 0) is 0 Å². The molecule has 0 aromatic heterocycles. The Hall–Kier alpha value is -1.19. The van der Waals surface area contributed by atoms with E-state index in [0.717, 1.165) is 11.1 Å². The largest absolute Gasteiger partial charge is 0.482 e. The summed E-state index contributed by atoms with van der Waals surface area (Å²) < 4.78 is 35.7. The molecule has 0 aliphatic carbocycles. The van der Waals surface area contributed by atoms with E-state index in [1.165, 1.54) is 17.4 Å². The SMILES string of the molecule is Cc1cc(C)cc(NC(F)(F)F)c1. The lowest BCUT2D eigenvalue weighted by Crippen LogP contribution is -2.20. The third kappa shape index (κ3) is 3.36. The van der Waals surface area contributed by atoms with Crippen molar-refractivity contribution in [1.82, 2.24) is 0 Å². The van der Waals surface area contributed by atoms with Crippen molar-refractivity contribution < 1.29 is 13.2 Å². The molecular weight excluding hydrogens is 179 g/mol. The molecule has 0 spiro atoms. The molecule has 0 aliphatic rings. The zero-order valence-corrected chi connectivity index (χ0v) is 7.37. The van der Waals surface area contributed by atoms with Crippen LogP contribution in [0.2, 0.25) is 0 Å². The highest BCUT2D eigenvalue weighted by Gasteiger charge is 2.26. The minimum Gasteiger partial charge on any atom is -0.297 e. The zero-order valence-electron chi connectivity index (χ0n) is 7.37. The van der Waals surface area contributed by atoms with Crippen molar-refractivity contribution in [3.63, 3.8) is 0 Å². The molecule has 0 bridgehead atoms. The third-order valence-corrected chi connectivity index (χ3v) is 1.51. The van der Waals surface area contributed by atoms with Gasteiger partial charge in [0.2, 0.25) is 0 Å². The van der Waals surface area contributed by atoms with Crippen molar-refractivity contribution in [3.8, 4) is 0 Å². The van der Waals surface area contributed by atoms with Gasteiger partial charge in [-0.25, -0.2) is 0 Å². The lowest BCUT2D eigenvalue weighted by molar-refractivity contribution is -0.0999. The number of nitrogens with one attached hydrogen (secondary N) is 1. The Balaban J connectivity index is 2.90. The van der Waals surface area contributed by atoms with E-state index >= 15 is 0 Å². The van der Waals surface area contributed by atoms with Gasteiger partial charge < -0.3 is 0 Å². The number of anilines is 1. The van der Waals surface area contributed by atoms with Gasteiger partial charge in [0.15, 0.2) is 0 Å². The highest BCUT2D eigenvalue weighted by molar-refractivity contribution is 5.48. The Morgan fingerprint density at radius 1 is 1.00 bits per heavy atom. The van der Waals surface area contributed by atoms with Crippen LogP contribution < -0.4 is 5.32 Å². The van der Waals surface area contributed by atoms with Crippen molar-refractivity contribution >= 4 is 5.69 Å². The van der Waals surface area contributed by atoms with Gasteiger partial charge in [-0.1, -0.05) is 6.07 Å². The van der Waals surface area contributed by atoms with Crippen LogP contribution in [0.4, 0.5) is 18.9 Å². The maximum absolute atomic E-state index is 11.9. The standard InChI is InChI=1S/C9H10F3N/c1-6-3-7(2)5-8(4-6)13-9(10,11)12/h3-5,13H,1-2H3. The fourth-order valence-corrected chi connectivity index (χ4v) is 1.21. The molecule has 0 unspecified atom stereocenters. The van der Waals surface area contributed by atoms with Gasteiger partial charge in [0.25, 0.3) is 0 Å². The molecule has 72 valence electrons. The van der Waals surface area contributed by atoms with Crippen molar-refractivity contribution in [3.05, 3.63) is 29.3 Å². The Bertz CT molecular complexity index is 284. The van der Waals surface area contributed by atoms with Crippen molar-refractivity contribution in [1.29, 1.82) is 0 Å². The van der Waals surface area contributed by atoms with Crippen LogP contribution >= 0.6 is 0 Å². The van der Waals surface area contributed by atoms with Gasteiger partial charge >= 0.3 is 6.30 Å². The van der Waals surface area contributed by atoms with Crippen LogP contribution in [-0.4, -0.2) is 6.30 Å². The van der Waals surface area contributed by atoms with Gasteiger partial charge in [-0.05, 0) is 37.1 Å². The Morgan fingerprint density at radius 3 is 1.85 bits per heavy atom. The maximum atomic E-state index is 11.9. The van der Waals surface area contributed by atoms with E-state index in [1.54, 1.807) is 13.8 Å². The third-order valence-electron chi connectivity index (χ3n) is 1.51. The maximum Gasteiger partial charge on any atom is 0.482 e. The second kappa shape index (κ2) is 3.28. The predicted octanol–water partition coefficient (Wildman–Crippen LogP) is 3.24. The summed E-state index contributed by atoms with van der Waals surface area (Å²) >= 11 is 0. The van der Waals surface area contributed by atoms with Crippen LogP contribution in [0.3, 0.4) is 0 Å². The summed E-state index contributed by atoms with van der Waals surface area (Å²) in [5, 5.41) is 1.46. The predicted molar refractivity (Wildman–Crippen MR) is 45.6 cm³/mol. The first-order valence-corrected chi connectivity index (χ1v) is 3.80. The molecule has 1 aromatic rings. The van der Waals surface area contributed by atoms with Gasteiger partial charge in [0, 0.05) is 5.69 Å². The molecule has 1 N–H and O–H groups in total. The summed E-state index contributed by atoms with van der Waals surface area (Å²) in [4.78, 5) is 0. The van der Waals surface area contributed by atoms with Gasteiger partial charge in [0.05, 0.1) is 0 Å². The van der Waals surface area contributed by atoms with E-state index in [4.69, 9.17) is 0 Å². The van der Waals surface area contributed by atoms with E-state index in [2.05, 4.69) is 0 Å². The highest BCUT2D eigenvalue weighted by atomic mass is 19.4. The molecule has 0 atom stereocenters. The molecule has 1 nitrogen and oxygen atoms in total. The Labute approximate surface area is 74.6 Å². The second-order valence-corrected chi connectivity index (χ2v) is 3.00. The van der Waals surface area contributed by atoms with Crippen LogP contribution in [0.1, 0.15) is 11.1 Å². The van der Waals surface area contributed by atoms with Crippen molar-refractivity contribution in [2.24, 2.45) is 0 Å². The first kappa shape index (κ1) is 9.89. The second-order valence-electron chi connectivity index (χ2n) is 3.00. The average molecular weight is 189 g/mol. The topological polar surface area (TPSA) is 12.0 Å². The van der Waals surface area contributed by atoms with Crippen molar-refractivity contribution in [2.75, 3.05) is 5.32 Å². The number of aryl methyl sites for hydroxylation is 2. The highest BCUT2D eigenvalue weighted by Crippen LogP contribution is 2.21. The lowest BCUT2D eigenvalue weighted by atomic mass is 10.1. The number of hydrogen-bond donors (Lipinski definition) is 1. The number of halogens is 3. The molecule has 0 amide bonds. The zero-order chi connectivity index (χ0) is 10.1. The molecule has 4 heteroatoms. The van der Waals surface area contributed by atoms with Crippen LogP contribution in [0.5, 0.6) is 0 Å². The smallest absolute Gasteiger partial charge is 0.297 e. The molecule has 1 aromatic carbocycles. The molecule has 0 saturated heterocycles. The quantitative estimate of drug-likeness (QED) is 0.669. The molecule has 13 heavy (non-hydrogen) atoms. The fraction of sp³-hybridized carbons (Fsp3) is 0.333. The molecular formula is C9H10F3N. The minimum absolute atomic E-state index is 0.0880. The first-order chi connectivity index (χ1) is 5.87. The summed E-state index contributed by atoms with van der Waals surface area (Å²) in [6.45, 7) is 3.52. The normalized spacial score (nSPS) is 11.5. The molecule has 0 aliphatic heterocycles. The lowest BCUT2D eigenvalue weighted by Gasteiger charge is -2.10. The van der Waals surface area contributed by atoms with Gasteiger partial charge in [-0.15, -0.1) is 0 Å². The minimum atomic E-state index is -4.36. The Morgan fingerprint density at radius 2 is 1.46 bits per heavy atom. The number of benzene rings is 1. The van der Waals surface area contributed by atoms with E-state index in [1.807, 2.05) is 6.07 Å². The summed E-state index contributed by atoms with van der Waals surface area (Å²) in [5.74, 6) is 0. The molecule has 0 radical (unpaired) electrons. The van der Waals surface area contributed by atoms with Gasteiger partial charge in [0.1, 0.15) is 0 Å². The van der Waals surface area contributed by atoms with E-state index in [-0.39, 0.29) is 5.69 Å². The number of hydrogen-bond acceptors (Lipinski definition) is 1. The van der Waals surface area contributed by atoms with Crippen LogP contribution in [0.15, 0.2) is 18.2 Å². The van der Waals surface area contributed by atoms with Gasteiger partial charge in [-0.2, -0.15) is 13.2 Å².